The van der Waals surface area contributed by atoms with Crippen molar-refractivity contribution in [2.75, 3.05) is 19.7 Å². The molecule has 0 rings (SSSR count). The number of nitrogens with one attached hydrogen (secondary N) is 2. The van der Waals surface area contributed by atoms with Crippen LogP contribution in [0.1, 0.15) is 40.0 Å². The van der Waals surface area contributed by atoms with E-state index in [9.17, 15) is 9.59 Å². The largest absolute Gasteiger partial charge is 0.481 e. The molecule has 0 saturated carbocycles. The molecule has 0 aliphatic rings. The van der Waals surface area contributed by atoms with Crippen molar-refractivity contribution in [2.45, 2.75) is 46.1 Å². The van der Waals surface area contributed by atoms with Gasteiger partial charge in [0.1, 0.15) is 0 Å². The standard InChI is InChI=1S/C13H26N2O4/c1-4-10(5-2)8-14-13(18)15-9-11(19-6-3)7-12(16)17/h10-11H,4-9H2,1-3H3,(H,16,17)(H2,14,15,18). The number of ether oxygens (including phenoxy) is 1. The Morgan fingerprint density at radius 3 is 2.16 bits per heavy atom. The van der Waals surface area contributed by atoms with Gasteiger partial charge in [-0.2, -0.15) is 0 Å². The van der Waals surface area contributed by atoms with Gasteiger partial charge in [0.25, 0.3) is 0 Å². The van der Waals surface area contributed by atoms with Crippen LogP contribution in [0.15, 0.2) is 0 Å². The summed E-state index contributed by atoms with van der Waals surface area (Å²) in [5, 5.41) is 14.1. The third-order valence-corrected chi connectivity index (χ3v) is 3.00. The normalized spacial score (nSPS) is 12.2. The number of carbonyl (C=O) groups excluding carboxylic acids is 1. The van der Waals surface area contributed by atoms with E-state index in [-0.39, 0.29) is 19.0 Å². The summed E-state index contributed by atoms with van der Waals surface area (Å²) in [7, 11) is 0. The van der Waals surface area contributed by atoms with Crippen molar-refractivity contribution in [3.8, 4) is 0 Å². The number of carboxylic acids is 1. The molecular formula is C13H26N2O4. The lowest BCUT2D eigenvalue weighted by molar-refractivity contribution is -0.140. The zero-order valence-electron chi connectivity index (χ0n) is 12.1. The molecule has 0 aliphatic carbocycles. The maximum absolute atomic E-state index is 11.5. The van der Waals surface area contributed by atoms with Gasteiger partial charge in [-0.3, -0.25) is 4.79 Å². The Hall–Kier alpha value is -1.30. The first kappa shape index (κ1) is 17.7. The number of rotatable bonds is 10. The molecule has 0 aromatic carbocycles. The van der Waals surface area contributed by atoms with Gasteiger partial charge in [-0.15, -0.1) is 0 Å². The van der Waals surface area contributed by atoms with Crippen LogP contribution in [-0.2, 0) is 9.53 Å². The van der Waals surface area contributed by atoms with Crippen LogP contribution < -0.4 is 10.6 Å². The fraction of sp³-hybridized carbons (Fsp3) is 0.846. The van der Waals surface area contributed by atoms with Gasteiger partial charge >= 0.3 is 12.0 Å². The first-order chi connectivity index (χ1) is 9.03. The lowest BCUT2D eigenvalue weighted by Gasteiger charge is -2.17. The topological polar surface area (TPSA) is 87.7 Å². The van der Waals surface area contributed by atoms with Gasteiger partial charge in [0.05, 0.1) is 12.5 Å². The van der Waals surface area contributed by atoms with E-state index >= 15 is 0 Å². The molecule has 6 nitrogen and oxygen atoms in total. The Balaban J connectivity index is 3.93. The number of carbonyl (C=O) groups is 2. The molecule has 0 fully saturated rings. The summed E-state index contributed by atoms with van der Waals surface area (Å²) in [6.45, 7) is 7.24. The van der Waals surface area contributed by atoms with Crippen LogP contribution in [0, 0.1) is 5.92 Å². The van der Waals surface area contributed by atoms with E-state index < -0.39 is 12.1 Å². The van der Waals surface area contributed by atoms with E-state index in [1.165, 1.54) is 0 Å². The average Bonchev–Trinajstić information content (AvgIpc) is 2.37. The van der Waals surface area contributed by atoms with Gasteiger partial charge in [-0.1, -0.05) is 26.7 Å². The summed E-state index contributed by atoms with van der Waals surface area (Å²) >= 11 is 0. The Morgan fingerprint density at radius 1 is 1.11 bits per heavy atom. The SMILES string of the molecule is CCOC(CNC(=O)NCC(CC)CC)CC(=O)O. The van der Waals surface area contributed by atoms with Crippen LogP contribution in [0.5, 0.6) is 0 Å². The van der Waals surface area contributed by atoms with Gasteiger partial charge in [-0.25, -0.2) is 4.79 Å². The number of hydrogen-bond donors (Lipinski definition) is 3. The van der Waals surface area contributed by atoms with E-state index in [1.807, 2.05) is 0 Å². The molecule has 0 heterocycles. The number of hydrogen-bond acceptors (Lipinski definition) is 3. The Labute approximate surface area is 114 Å². The highest BCUT2D eigenvalue weighted by Crippen LogP contribution is 2.04. The summed E-state index contributed by atoms with van der Waals surface area (Å²) in [5.74, 6) is -0.454. The van der Waals surface area contributed by atoms with Crippen LogP contribution in [0.2, 0.25) is 0 Å². The second kappa shape index (κ2) is 10.6. The smallest absolute Gasteiger partial charge is 0.314 e. The van der Waals surface area contributed by atoms with E-state index in [4.69, 9.17) is 9.84 Å². The number of amides is 2. The van der Waals surface area contributed by atoms with E-state index in [1.54, 1.807) is 6.92 Å². The summed E-state index contributed by atoms with van der Waals surface area (Å²) in [6.07, 6.45) is 1.46. The summed E-state index contributed by atoms with van der Waals surface area (Å²) in [6, 6.07) is -0.276. The summed E-state index contributed by atoms with van der Waals surface area (Å²) in [4.78, 5) is 22.2. The van der Waals surface area contributed by atoms with Crippen molar-refractivity contribution in [2.24, 2.45) is 5.92 Å². The Bertz CT molecular complexity index is 267. The molecule has 1 unspecified atom stereocenters. The second-order valence-corrected chi connectivity index (χ2v) is 4.45. The first-order valence-electron chi connectivity index (χ1n) is 6.88. The van der Waals surface area contributed by atoms with Gasteiger partial charge in [0.2, 0.25) is 0 Å². The predicted molar refractivity (Wildman–Crippen MR) is 73.1 cm³/mol. The summed E-state index contributed by atoms with van der Waals surface area (Å²) < 4.78 is 5.25. The van der Waals surface area contributed by atoms with Gasteiger partial charge in [0.15, 0.2) is 0 Å². The third kappa shape index (κ3) is 9.30. The van der Waals surface area contributed by atoms with Crippen LogP contribution >= 0.6 is 0 Å². The molecule has 19 heavy (non-hydrogen) atoms. The van der Waals surface area contributed by atoms with Crippen LogP contribution in [0.3, 0.4) is 0 Å². The zero-order valence-corrected chi connectivity index (χ0v) is 12.1. The lowest BCUT2D eigenvalue weighted by Crippen LogP contribution is -2.42. The minimum absolute atomic E-state index is 0.110. The van der Waals surface area contributed by atoms with Crippen molar-refractivity contribution in [3.05, 3.63) is 0 Å². The molecule has 3 N–H and O–H groups in total. The molecule has 1 atom stereocenters. The van der Waals surface area contributed by atoms with Crippen LogP contribution in [-0.4, -0.2) is 42.9 Å². The maximum atomic E-state index is 11.5. The average molecular weight is 274 g/mol. The number of urea groups is 1. The summed E-state index contributed by atoms with van der Waals surface area (Å²) in [5.41, 5.74) is 0. The quantitative estimate of drug-likeness (QED) is 0.564. The molecule has 0 aromatic heterocycles. The molecule has 0 bridgehead atoms. The highest BCUT2D eigenvalue weighted by Gasteiger charge is 2.14. The minimum atomic E-state index is -0.933. The maximum Gasteiger partial charge on any atom is 0.314 e. The highest BCUT2D eigenvalue weighted by molar-refractivity contribution is 5.74. The predicted octanol–water partition coefficient (Wildman–Crippen LogP) is 1.60. The molecule has 0 radical (unpaired) electrons. The van der Waals surface area contributed by atoms with E-state index in [0.29, 0.717) is 19.1 Å². The monoisotopic (exact) mass is 274 g/mol. The Morgan fingerprint density at radius 2 is 1.68 bits per heavy atom. The number of carboxylic acid groups (broad SMARTS) is 1. The molecule has 0 saturated heterocycles. The van der Waals surface area contributed by atoms with Gasteiger partial charge < -0.3 is 20.5 Å². The zero-order chi connectivity index (χ0) is 14.7. The Kier molecular flexibility index (Phi) is 9.88. The van der Waals surface area contributed by atoms with E-state index in [2.05, 4.69) is 24.5 Å². The fourth-order valence-corrected chi connectivity index (χ4v) is 1.70. The molecule has 112 valence electrons. The van der Waals surface area contributed by atoms with Gasteiger partial charge in [-0.05, 0) is 12.8 Å². The molecular weight excluding hydrogens is 248 g/mol. The third-order valence-electron chi connectivity index (χ3n) is 3.00. The lowest BCUT2D eigenvalue weighted by atomic mass is 10.0. The van der Waals surface area contributed by atoms with E-state index in [0.717, 1.165) is 12.8 Å². The minimum Gasteiger partial charge on any atom is -0.481 e. The van der Waals surface area contributed by atoms with Crippen LogP contribution in [0.25, 0.3) is 0 Å². The van der Waals surface area contributed by atoms with Crippen molar-refractivity contribution in [1.29, 1.82) is 0 Å². The highest BCUT2D eigenvalue weighted by atomic mass is 16.5. The molecule has 2 amide bonds. The molecule has 6 heteroatoms. The molecule has 0 aromatic rings. The van der Waals surface area contributed by atoms with Crippen molar-refractivity contribution in [3.63, 3.8) is 0 Å². The second-order valence-electron chi connectivity index (χ2n) is 4.45. The number of aliphatic carboxylic acids is 1. The van der Waals surface area contributed by atoms with Gasteiger partial charge in [0, 0.05) is 19.7 Å². The molecule has 0 spiro atoms. The fourth-order valence-electron chi connectivity index (χ4n) is 1.70. The van der Waals surface area contributed by atoms with Crippen LogP contribution in [0.4, 0.5) is 4.79 Å². The molecule has 0 aliphatic heterocycles. The van der Waals surface area contributed by atoms with Crippen molar-refractivity contribution < 1.29 is 19.4 Å². The van der Waals surface area contributed by atoms with Crippen molar-refractivity contribution in [1.82, 2.24) is 10.6 Å². The van der Waals surface area contributed by atoms with Crippen molar-refractivity contribution >= 4 is 12.0 Å². The first-order valence-corrected chi connectivity index (χ1v) is 6.88.